The highest BCUT2D eigenvalue weighted by atomic mass is 79.9. The second-order valence-electron chi connectivity index (χ2n) is 3.83. The zero-order valence-corrected chi connectivity index (χ0v) is 12.9. The van der Waals surface area contributed by atoms with Crippen molar-refractivity contribution >= 4 is 31.9 Å². The van der Waals surface area contributed by atoms with Crippen molar-refractivity contribution in [2.45, 2.75) is 13.0 Å². The Morgan fingerprint density at radius 3 is 2.78 bits per heavy atom. The van der Waals surface area contributed by atoms with Gasteiger partial charge in [0.05, 0.1) is 5.69 Å². The summed E-state index contributed by atoms with van der Waals surface area (Å²) in [6, 6.07) is 7.98. The van der Waals surface area contributed by atoms with Gasteiger partial charge in [0.1, 0.15) is 0 Å². The molecule has 1 N–H and O–H groups in total. The average molecular weight is 371 g/mol. The first kappa shape index (κ1) is 13.6. The summed E-state index contributed by atoms with van der Waals surface area (Å²) < 4.78 is 1.99. The zero-order valence-electron chi connectivity index (χ0n) is 9.74. The molecule has 0 aromatic carbocycles. The van der Waals surface area contributed by atoms with Crippen molar-refractivity contribution in [3.63, 3.8) is 0 Å². The second-order valence-corrected chi connectivity index (χ2v) is 5.60. The van der Waals surface area contributed by atoms with Crippen LogP contribution in [0.4, 0.5) is 0 Å². The SMILES string of the molecule is Brc1cnc(CNCCc2ccccn2)c(Br)c1. The fourth-order valence-corrected chi connectivity index (χ4v) is 2.67. The van der Waals surface area contributed by atoms with E-state index in [1.807, 2.05) is 30.5 Å². The molecular weight excluding hydrogens is 358 g/mol. The van der Waals surface area contributed by atoms with Gasteiger partial charge in [0, 0.05) is 46.5 Å². The maximum Gasteiger partial charge on any atom is 0.0684 e. The summed E-state index contributed by atoms with van der Waals surface area (Å²) in [4.78, 5) is 8.63. The van der Waals surface area contributed by atoms with Crippen LogP contribution in [0.25, 0.3) is 0 Å². The van der Waals surface area contributed by atoms with Gasteiger partial charge in [-0.2, -0.15) is 0 Å². The molecule has 5 heteroatoms. The summed E-state index contributed by atoms with van der Waals surface area (Å²) in [7, 11) is 0. The quantitative estimate of drug-likeness (QED) is 0.820. The highest BCUT2D eigenvalue weighted by Crippen LogP contribution is 2.19. The fourth-order valence-electron chi connectivity index (χ4n) is 1.54. The van der Waals surface area contributed by atoms with Crippen LogP contribution in [0.2, 0.25) is 0 Å². The van der Waals surface area contributed by atoms with Crippen LogP contribution >= 0.6 is 31.9 Å². The van der Waals surface area contributed by atoms with Crippen LogP contribution in [0.5, 0.6) is 0 Å². The van der Waals surface area contributed by atoms with Crippen molar-refractivity contribution in [2.24, 2.45) is 0 Å². The molecule has 2 aromatic rings. The summed E-state index contributed by atoms with van der Waals surface area (Å²) >= 11 is 6.89. The van der Waals surface area contributed by atoms with E-state index in [4.69, 9.17) is 0 Å². The molecule has 0 aliphatic heterocycles. The molecule has 0 unspecified atom stereocenters. The minimum absolute atomic E-state index is 0.751. The monoisotopic (exact) mass is 369 g/mol. The van der Waals surface area contributed by atoms with Gasteiger partial charge in [0.25, 0.3) is 0 Å². The Labute approximate surface area is 123 Å². The van der Waals surface area contributed by atoms with Gasteiger partial charge in [-0.15, -0.1) is 0 Å². The number of hydrogen-bond acceptors (Lipinski definition) is 3. The predicted molar refractivity (Wildman–Crippen MR) is 79.3 cm³/mol. The minimum atomic E-state index is 0.751. The van der Waals surface area contributed by atoms with Gasteiger partial charge in [-0.05, 0) is 50.1 Å². The third-order valence-electron chi connectivity index (χ3n) is 2.46. The Kier molecular flexibility index (Phi) is 5.28. The first-order valence-electron chi connectivity index (χ1n) is 5.66. The summed E-state index contributed by atoms with van der Waals surface area (Å²) in [6.45, 7) is 1.64. The van der Waals surface area contributed by atoms with Crippen LogP contribution in [0, 0.1) is 0 Å². The lowest BCUT2D eigenvalue weighted by molar-refractivity contribution is 0.666. The third-order valence-corrected chi connectivity index (χ3v) is 3.58. The van der Waals surface area contributed by atoms with E-state index in [0.717, 1.165) is 39.8 Å². The van der Waals surface area contributed by atoms with Crippen molar-refractivity contribution < 1.29 is 0 Å². The molecule has 0 amide bonds. The molecular formula is C13H13Br2N3. The number of rotatable bonds is 5. The second kappa shape index (κ2) is 6.97. The minimum Gasteiger partial charge on any atom is -0.311 e. The maximum absolute atomic E-state index is 4.35. The van der Waals surface area contributed by atoms with E-state index in [9.17, 15) is 0 Å². The molecule has 0 aliphatic carbocycles. The molecule has 0 atom stereocenters. The summed E-state index contributed by atoms with van der Waals surface area (Å²) in [5.74, 6) is 0. The van der Waals surface area contributed by atoms with Gasteiger partial charge >= 0.3 is 0 Å². The van der Waals surface area contributed by atoms with Gasteiger partial charge in [-0.1, -0.05) is 6.07 Å². The number of pyridine rings is 2. The Morgan fingerprint density at radius 1 is 1.17 bits per heavy atom. The molecule has 2 heterocycles. The number of halogens is 2. The van der Waals surface area contributed by atoms with Gasteiger partial charge in [0.2, 0.25) is 0 Å². The van der Waals surface area contributed by atoms with Gasteiger partial charge in [-0.25, -0.2) is 0 Å². The Balaban J connectivity index is 1.79. The van der Waals surface area contributed by atoms with Gasteiger partial charge < -0.3 is 5.32 Å². The summed E-state index contributed by atoms with van der Waals surface area (Å²) in [5.41, 5.74) is 2.12. The highest BCUT2D eigenvalue weighted by molar-refractivity contribution is 9.11. The highest BCUT2D eigenvalue weighted by Gasteiger charge is 2.01. The van der Waals surface area contributed by atoms with E-state index in [1.54, 1.807) is 6.20 Å². The van der Waals surface area contributed by atoms with E-state index >= 15 is 0 Å². The summed E-state index contributed by atoms with van der Waals surface area (Å²) in [5, 5.41) is 3.36. The fraction of sp³-hybridized carbons (Fsp3) is 0.231. The number of nitrogens with one attached hydrogen (secondary N) is 1. The first-order valence-corrected chi connectivity index (χ1v) is 7.25. The van der Waals surface area contributed by atoms with Gasteiger partial charge in [0.15, 0.2) is 0 Å². The first-order chi connectivity index (χ1) is 8.75. The lowest BCUT2D eigenvalue weighted by Crippen LogP contribution is -2.18. The van der Waals surface area contributed by atoms with E-state index in [-0.39, 0.29) is 0 Å². The molecule has 18 heavy (non-hydrogen) atoms. The average Bonchev–Trinajstić information content (AvgIpc) is 2.38. The van der Waals surface area contributed by atoms with Crippen molar-refractivity contribution in [3.05, 3.63) is 57.0 Å². The normalized spacial score (nSPS) is 10.6. The molecule has 2 rings (SSSR count). The molecule has 0 saturated heterocycles. The van der Waals surface area contributed by atoms with Crippen LogP contribution in [0.15, 0.2) is 45.6 Å². The molecule has 94 valence electrons. The molecule has 2 aromatic heterocycles. The predicted octanol–water partition coefficient (Wildman–Crippen LogP) is 3.33. The molecule has 0 saturated carbocycles. The largest absolute Gasteiger partial charge is 0.311 e. The van der Waals surface area contributed by atoms with E-state index in [1.165, 1.54) is 0 Å². The van der Waals surface area contributed by atoms with Crippen LogP contribution < -0.4 is 5.32 Å². The molecule has 0 aliphatic rings. The summed E-state index contributed by atoms with van der Waals surface area (Å²) in [6.07, 6.45) is 4.55. The van der Waals surface area contributed by atoms with E-state index in [0.29, 0.717) is 0 Å². The van der Waals surface area contributed by atoms with Gasteiger partial charge in [-0.3, -0.25) is 9.97 Å². The van der Waals surface area contributed by atoms with Crippen molar-refractivity contribution in [1.29, 1.82) is 0 Å². The lowest BCUT2D eigenvalue weighted by atomic mass is 10.2. The Morgan fingerprint density at radius 2 is 2.06 bits per heavy atom. The zero-order chi connectivity index (χ0) is 12.8. The lowest BCUT2D eigenvalue weighted by Gasteiger charge is -2.06. The Bertz CT molecular complexity index is 503. The molecule has 0 bridgehead atoms. The van der Waals surface area contributed by atoms with E-state index in [2.05, 4.69) is 47.1 Å². The number of hydrogen-bond donors (Lipinski definition) is 1. The molecule has 0 fully saturated rings. The van der Waals surface area contributed by atoms with Crippen LogP contribution in [0.3, 0.4) is 0 Å². The third kappa shape index (κ3) is 4.15. The smallest absolute Gasteiger partial charge is 0.0684 e. The van der Waals surface area contributed by atoms with Crippen molar-refractivity contribution in [3.8, 4) is 0 Å². The standard InChI is InChI=1S/C13H13Br2N3/c14-10-7-12(15)13(18-8-10)9-16-6-4-11-3-1-2-5-17-11/h1-3,5,7-8,16H,4,6,9H2. The van der Waals surface area contributed by atoms with Crippen LogP contribution in [0.1, 0.15) is 11.4 Å². The van der Waals surface area contributed by atoms with Crippen LogP contribution in [-0.2, 0) is 13.0 Å². The number of nitrogens with zero attached hydrogens (tertiary/aromatic N) is 2. The van der Waals surface area contributed by atoms with Crippen molar-refractivity contribution in [2.75, 3.05) is 6.54 Å². The Hall–Kier alpha value is -0.780. The number of aromatic nitrogens is 2. The van der Waals surface area contributed by atoms with E-state index < -0.39 is 0 Å². The molecule has 3 nitrogen and oxygen atoms in total. The molecule has 0 radical (unpaired) electrons. The topological polar surface area (TPSA) is 37.8 Å². The van der Waals surface area contributed by atoms with Crippen LogP contribution in [-0.4, -0.2) is 16.5 Å². The molecule has 0 spiro atoms. The van der Waals surface area contributed by atoms with Crippen molar-refractivity contribution in [1.82, 2.24) is 15.3 Å². The maximum atomic E-state index is 4.35.